The first-order valence-electron chi connectivity index (χ1n) is 7.68. The van der Waals surface area contributed by atoms with Gasteiger partial charge in [0.2, 0.25) is 0 Å². The highest BCUT2D eigenvalue weighted by Crippen LogP contribution is 2.16. The third-order valence-electron chi connectivity index (χ3n) is 3.89. The first kappa shape index (κ1) is 16.5. The molecule has 0 saturated carbocycles. The first-order valence-corrected chi connectivity index (χ1v) is 7.68. The van der Waals surface area contributed by atoms with Gasteiger partial charge >= 0.3 is 5.97 Å². The van der Waals surface area contributed by atoms with E-state index in [-0.39, 0.29) is 5.91 Å². The number of methoxy groups -OCH3 is 1. The number of anilines is 1. The molecule has 1 amide bonds. The third-order valence-corrected chi connectivity index (χ3v) is 3.89. The monoisotopic (exact) mass is 338 g/mol. The first-order chi connectivity index (χ1) is 12.0. The van der Waals surface area contributed by atoms with Crippen molar-refractivity contribution in [2.45, 2.75) is 13.5 Å². The molecule has 2 heterocycles. The molecule has 3 aromatic rings. The molecule has 0 aliphatic heterocycles. The van der Waals surface area contributed by atoms with E-state index in [1.54, 1.807) is 24.4 Å². The Kier molecular flexibility index (Phi) is 4.38. The van der Waals surface area contributed by atoms with Gasteiger partial charge in [-0.25, -0.2) is 9.78 Å². The lowest BCUT2D eigenvalue weighted by atomic mass is 10.1. The van der Waals surface area contributed by atoms with Crippen LogP contribution in [0.25, 0.3) is 11.0 Å². The molecule has 0 bridgehead atoms. The topological polar surface area (TPSA) is 110 Å². The van der Waals surface area contributed by atoms with Gasteiger partial charge in [-0.15, -0.1) is 0 Å². The van der Waals surface area contributed by atoms with Crippen molar-refractivity contribution in [1.82, 2.24) is 15.3 Å². The van der Waals surface area contributed by atoms with Crippen molar-refractivity contribution in [2.24, 2.45) is 0 Å². The van der Waals surface area contributed by atoms with Crippen LogP contribution in [0.2, 0.25) is 0 Å². The van der Waals surface area contributed by atoms with Gasteiger partial charge in [-0.3, -0.25) is 4.79 Å². The van der Waals surface area contributed by atoms with Gasteiger partial charge in [0.15, 0.2) is 0 Å². The van der Waals surface area contributed by atoms with E-state index in [2.05, 4.69) is 20.0 Å². The number of nitrogens with two attached hydrogens (primary N) is 1. The number of carbonyl (C=O) groups excluding carboxylic acids is 2. The Morgan fingerprint density at radius 1 is 1.28 bits per heavy atom. The number of amides is 1. The van der Waals surface area contributed by atoms with Crippen molar-refractivity contribution in [2.75, 3.05) is 12.8 Å². The average Bonchev–Trinajstić information content (AvgIpc) is 3.04. The number of fused-ring (bicyclic) bond motifs is 1. The summed E-state index contributed by atoms with van der Waals surface area (Å²) in [6.45, 7) is 2.17. The number of nitrogen functional groups attached to an aromatic ring is 1. The van der Waals surface area contributed by atoms with Crippen molar-refractivity contribution in [3.05, 3.63) is 58.9 Å². The second-order valence-electron chi connectivity index (χ2n) is 5.71. The number of esters is 1. The van der Waals surface area contributed by atoms with Gasteiger partial charge in [0.05, 0.1) is 7.11 Å². The van der Waals surface area contributed by atoms with Crippen LogP contribution in [-0.4, -0.2) is 29.0 Å². The number of hydrogen-bond acceptors (Lipinski definition) is 5. The van der Waals surface area contributed by atoms with E-state index in [1.165, 1.54) is 7.11 Å². The van der Waals surface area contributed by atoms with Crippen molar-refractivity contribution >= 4 is 28.6 Å². The zero-order chi connectivity index (χ0) is 18.0. The molecule has 128 valence electrons. The smallest absolute Gasteiger partial charge is 0.354 e. The number of rotatable bonds is 4. The number of aromatic nitrogens is 2. The van der Waals surface area contributed by atoms with Crippen LogP contribution in [0, 0.1) is 6.92 Å². The number of aryl methyl sites for hydroxylation is 1. The Morgan fingerprint density at radius 3 is 2.84 bits per heavy atom. The maximum atomic E-state index is 12.3. The second-order valence-corrected chi connectivity index (χ2v) is 5.71. The Bertz CT molecular complexity index is 962. The fourth-order valence-corrected chi connectivity index (χ4v) is 2.54. The molecule has 0 atom stereocenters. The predicted molar refractivity (Wildman–Crippen MR) is 94.2 cm³/mol. The SMILES string of the molecule is COC(=O)c1cc2cc(CNC(=O)c3cc(N)ccc3C)cnc2[nH]1. The van der Waals surface area contributed by atoms with Crippen molar-refractivity contribution < 1.29 is 14.3 Å². The maximum Gasteiger partial charge on any atom is 0.354 e. The zero-order valence-electron chi connectivity index (χ0n) is 13.9. The van der Waals surface area contributed by atoms with Crippen molar-refractivity contribution in [1.29, 1.82) is 0 Å². The normalized spacial score (nSPS) is 10.6. The van der Waals surface area contributed by atoms with Crippen LogP contribution in [0.15, 0.2) is 36.5 Å². The van der Waals surface area contributed by atoms with Crippen LogP contribution >= 0.6 is 0 Å². The standard InChI is InChI=1S/C18H18N4O3/c1-10-3-4-13(19)7-14(10)17(23)21-9-11-5-12-6-15(18(24)25-2)22-16(12)20-8-11/h3-8H,9,19H2,1-2H3,(H,20,22)(H,21,23). The Balaban J connectivity index is 1.75. The number of hydrogen-bond donors (Lipinski definition) is 3. The van der Waals surface area contributed by atoms with Gasteiger partial charge in [-0.05, 0) is 42.3 Å². The molecule has 0 fully saturated rings. The minimum absolute atomic E-state index is 0.200. The second kappa shape index (κ2) is 6.64. The van der Waals surface area contributed by atoms with Crippen LogP contribution in [0.4, 0.5) is 5.69 Å². The molecule has 4 N–H and O–H groups in total. The van der Waals surface area contributed by atoms with Crippen LogP contribution in [-0.2, 0) is 11.3 Å². The minimum atomic E-state index is -0.454. The molecular formula is C18H18N4O3. The molecule has 3 rings (SSSR count). The van der Waals surface area contributed by atoms with Crippen LogP contribution < -0.4 is 11.1 Å². The van der Waals surface area contributed by atoms with Gasteiger partial charge in [0.25, 0.3) is 5.91 Å². The minimum Gasteiger partial charge on any atom is -0.464 e. The van der Waals surface area contributed by atoms with Gasteiger partial charge in [-0.2, -0.15) is 0 Å². The molecule has 2 aromatic heterocycles. The highest BCUT2D eigenvalue weighted by Gasteiger charge is 2.12. The fraction of sp³-hybridized carbons (Fsp3) is 0.167. The number of pyridine rings is 1. The van der Waals surface area contributed by atoms with E-state index in [0.717, 1.165) is 16.5 Å². The maximum absolute atomic E-state index is 12.3. The molecule has 0 aliphatic carbocycles. The largest absolute Gasteiger partial charge is 0.464 e. The van der Waals surface area contributed by atoms with E-state index in [4.69, 9.17) is 5.73 Å². The molecule has 0 spiro atoms. The summed E-state index contributed by atoms with van der Waals surface area (Å²) in [7, 11) is 1.32. The molecule has 0 unspecified atom stereocenters. The van der Waals surface area contributed by atoms with Gasteiger partial charge in [0, 0.05) is 29.4 Å². The van der Waals surface area contributed by atoms with Gasteiger partial charge in [-0.1, -0.05) is 6.07 Å². The van der Waals surface area contributed by atoms with E-state index in [1.807, 2.05) is 19.1 Å². The number of aromatic amines is 1. The van der Waals surface area contributed by atoms with E-state index in [9.17, 15) is 9.59 Å². The third kappa shape index (κ3) is 3.45. The van der Waals surface area contributed by atoms with Crippen LogP contribution in [0.5, 0.6) is 0 Å². The lowest BCUT2D eigenvalue weighted by Crippen LogP contribution is -2.23. The summed E-state index contributed by atoms with van der Waals surface area (Å²) >= 11 is 0. The number of ether oxygens (including phenoxy) is 1. The Morgan fingerprint density at radius 2 is 2.08 bits per heavy atom. The molecule has 0 saturated heterocycles. The van der Waals surface area contributed by atoms with E-state index >= 15 is 0 Å². The van der Waals surface area contributed by atoms with Crippen LogP contribution in [0.1, 0.15) is 32.0 Å². The fourth-order valence-electron chi connectivity index (χ4n) is 2.54. The summed E-state index contributed by atoms with van der Waals surface area (Å²) in [5.41, 5.74) is 9.42. The summed E-state index contributed by atoms with van der Waals surface area (Å²) in [6.07, 6.45) is 1.65. The molecular weight excluding hydrogens is 320 g/mol. The average molecular weight is 338 g/mol. The molecule has 0 radical (unpaired) electrons. The summed E-state index contributed by atoms with van der Waals surface area (Å²) in [5, 5.41) is 3.62. The predicted octanol–water partition coefficient (Wildman–Crippen LogP) is 2.17. The highest BCUT2D eigenvalue weighted by molar-refractivity contribution is 5.96. The number of H-pyrrole nitrogens is 1. The highest BCUT2D eigenvalue weighted by atomic mass is 16.5. The molecule has 7 heteroatoms. The Hall–Kier alpha value is -3.35. The van der Waals surface area contributed by atoms with Gasteiger partial charge < -0.3 is 20.8 Å². The number of nitrogens with zero attached hydrogens (tertiary/aromatic N) is 1. The number of nitrogens with one attached hydrogen (secondary N) is 2. The summed E-state index contributed by atoms with van der Waals surface area (Å²) in [4.78, 5) is 31.0. The summed E-state index contributed by atoms with van der Waals surface area (Å²) in [6, 6.07) is 8.75. The van der Waals surface area contributed by atoms with Gasteiger partial charge in [0.1, 0.15) is 11.3 Å². The van der Waals surface area contributed by atoms with E-state index < -0.39 is 5.97 Å². The molecule has 25 heavy (non-hydrogen) atoms. The molecule has 7 nitrogen and oxygen atoms in total. The lowest BCUT2D eigenvalue weighted by molar-refractivity contribution is 0.0595. The molecule has 0 aliphatic rings. The van der Waals surface area contributed by atoms with E-state index in [0.29, 0.717) is 29.1 Å². The Labute approximate surface area is 144 Å². The quantitative estimate of drug-likeness (QED) is 0.499. The van der Waals surface area contributed by atoms with Crippen molar-refractivity contribution in [3.63, 3.8) is 0 Å². The number of carbonyl (C=O) groups is 2. The zero-order valence-corrected chi connectivity index (χ0v) is 13.9. The van der Waals surface area contributed by atoms with Crippen LogP contribution in [0.3, 0.4) is 0 Å². The number of benzene rings is 1. The lowest BCUT2D eigenvalue weighted by Gasteiger charge is -2.08. The summed E-state index contributed by atoms with van der Waals surface area (Å²) < 4.78 is 4.68. The summed E-state index contributed by atoms with van der Waals surface area (Å²) in [5.74, 6) is -0.654. The molecule has 1 aromatic carbocycles. The van der Waals surface area contributed by atoms with Crippen molar-refractivity contribution in [3.8, 4) is 0 Å².